The molecular formula is C13H25CsO2. The van der Waals surface area contributed by atoms with Crippen LogP contribution in [-0.2, 0) is 4.79 Å². The molecule has 0 atom stereocenters. The number of carboxylic acids is 1. The van der Waals surface area contributed by atoms with Crippen LogP contribution in [0, 0.1) is 5.92 Å². The number of rotatable bonds is 1. The Kier molecular flexibility index (Phi) is 12.7. The normalized spacial score (nSPS) is 21.2. The Hall–Kier alpha value is 1.52. The molecule has 90 valence electrons. The molecule has 0 spiro atoms. The minimum atomic E-state index is -0.577. The first-order valence-corrected chi connectivity index (χ1v) is 6.53. The van der Waals surface area contributed by atoms with E-state index < -0.39 is 5.97 Å². The molecule has 1 aliphatic carbocycles. The summed E-state index contributed by atoms with van der Waals surface area (Å²) < 4.78 is 0. The molecule has 0 unspecified atom stereocenters. The molecule has 0 heterocycles. The zero-order valence-corrected chi connectivity index (χ0v) is 9.71. The monoisotopic (exact) mass is 346 g/mol. The van der Waals surface area contributed by atoms with Crippen molar-refractivity contribution in [1.82, 2.24) is 0 Å². The molecule has 1 rings (SSSR count). The average molecular weight is 346 g/mol. The summed E-state index contributed by atoms with van der Waals surface area (Å²) in [6.45, 7) is 0. The van der Waals surface area contributed by atoms with Gasteiger partial charge in [0.1, 0.15) is 0 Å². The summed E-state index contributed by atoms with van der Waals surface area (Å²) in [5, 5.41) is 9.04. The van der Waals surface area contributed by atoms with Gasteiger partial charge in [-0.05, 0) is 12.8 Å². The van der Waals surface area contributed by atoms with E-state index in [0.29, 0.717) is 0 Å². The molecule has 0 aromatic rings. The van der Waals surface area contributed by atoms with Gasteiger partial charge in [0.2, 0.25) is 0 Å². The minimum absolute atomic E-state index is 0. The first-order valence-electron chi connectivity index (χ1n) is 6.53. The fourth-order valence-electron chi connectivity index (χ4n) is 2.41. The van der Waals surface area contributed by atoms with E-state index in [1.54, 1.807) is 0 Å². The van der Waals surface area contributed by atoms with Crippen LogP contribution in [0.1, 0.15) is 70.6 Å². The van der Waals surface area contributed by atoms with Gasteiger partial charge in [-0.3, -0.25) is 4.79 Å². The first-order chi connectivity index (χ1) is 7.30. The van der Waals surface area contributed by atoms with Crippen molar-refractivity contribution in [2.75, 3.05) is 0 Å². The second-order valence-electron chi connectivity index (χ2n) is 4.79. The van der Waals surface area contributed by atoms with Crippen LogP contribution in [0.15, 0.2) is 0 Å². The Balaban J connectivity index is 0.00000225. The van der Waals surface area contributed by atoms with E-state index in [9.17, 15) is 4.79 Å². The zero-order valence-electron chi connectivity index (χ0n) is 9.71. The molecule has 0 amide bonds. The fraction of sp³-hybridized carbons (Fsp3) is 0.923. The van der Waals surface area contributed by atoms with Gasteiger partial charge in [-0.25, -0.2) is 0 Å². The second-order valence-corrected chi connectivity index (χ2v) is 4.79. The van der Waals surface area contributed by atoms with Crippen LogP contribution < -0.4 is 0 Å². The third-order valence-corrected chi connectivity index (χ3v) is 3.45. The summed E-state index contributed by atoms with van der Waals surface area (Å²) in [7, 11) is 0. The van der Waals surface area contributed by atoms with Gasteiger partial charge in [0.05, 0.1) is 5.92 Å². The number of hydrogen-bond acceptors (Lipinski definition) is 1. The van der Waals surface area contributed by atoms with Crippen molar-refractivity contribution in [2.45, 2.75) is 70.6 Å². The average Bonchev–Trinajstić information content (AvgIpc) is 2.18. The summed E-state index contributed by atoms with van der Waals surface area (Å²) in [6, 6.07) is 0. The second kappa shape index (κ2) is 11.6. The number of carbonyl (C=O) groups is 1. The van der Waals surface area contributed by atoms with Gasteiger partial charge in [0.15, 0.2) is 0 Å². The Bertz CT molecular complexity index is 171. The molecule has 0 aliphatic heterocycles. The Morgan fingerprint density at radius 2 is 1.06 bits per heavy atom. The van der Waals surface area contributed by atoms with Crippen LogP contribution in [0.25, 0.3) is 0 Å². The summed E-state index contributed by atoms with van der Waals surface area (Å²) in [4.78, 5) is 11.0. The Labute approximate surface area is 158 Å². The molecule has 1 saturated carbocycles. The number of hydrogen-bond donors (Lipinski definition) is 1. The van der Waals surface area contributed by atoms with E-state index in [-0.39, 0.29) is 74.8 Å². The van der Waals surface area contributed by atoms with Crippen LogP contribution in [0.2, 0.25) is 0 Å². The maximum absolute atomic E-state index is 11.0. The van der Waals surface area contributed by atoms with Crippen LogP contribution in [0.5, 0.6) is 0 Å². The van der Waals surface area contributed by atoms with Crippen molar-refractivity contribution >= 4 is 74.9 Å². The van der Waals surface area contributed by atoms with Crippen LogP contribution >= 0.6 is 0 Å². The van der Waals surface area contributed by atoms with Crippen molar-refractivity contribution in [1.29, 1.82) is 0 Å². The molecule has 0 aromatic heterocycles. The quantitative estimate of drug-likeness (QED) is 0.791. The van der Waals surface area contributed by atoms with Gasteiger partial charge < -0.3 is 5.11 Å². The Morgan fingerprint density at radius 3 is 1.38 bits per heavy atom. The van der Waals surface area contributed by atoms with Gasteiger partial charge in [-0.2, -0.15) is 0 Å². The third kappa shape index (κ3) is 8.59. The molecule has 3 heteroatoms. The fourth-order valence-corrected chi connectivity index (χ4v) is 2.41. The van der Waals surface area contributed by atoms with Crippen molar-refractivity contribution < 1.29 is 9.90 Å². The van der Waals surface area contributed by atoms with Gasteiger partial charge in [-0.1, -0.05) is 57.8 Å². The van der Waals surface area contributed by atoms with E-state index in [2.05, 4.69) is 0 Å². The number of aliphatic carboxylic acids is 1. The first kappa shape index (κ1) is 17.5. The summed E-state index contributed by atoms with van der Waals surface area (Å²) in [5.41, 5.74) is 0. The molecule has 0 radical (unpaired) electrons. The topological polar surface area (TPSA) is 37.3 Å². The molecule has 1 aliphatic rings. The molecule has 0 saturated heterocycles. The molecule has 2 nitrogen and oxygen atoms in total. The van der Waals surface area contributed by atoms with E-state index >= 15 is 0 Å². The number of carboxylic acid groups (broad SMARTS) is 1. The van der Waals surface area contributed by atoms with Crippen LogP contribution in [0.3, 0.4) is 0 Å². The van der Waals surface area contributed by atoms with Crippen LogP contribution in [-0.4, -0.2) is 80.0 Å². The summed E-state index contributed by atoms with van der Waals surface area (Å²) in [6.07, 6.45) is 13.1. The van der Waals surface area contributed by atoms with E-state index in [1.807, 2.05) is 0 Å². The molecule has 1 fully saturated rings. The van der Waals surface area contributed by atoms with Crippen molar-refractivity contribution in [3.05, 3.63) is 0 Å². The molecular weight excluding hydrogens is 321 g/mol. The SMILES string of the molecule is O=C(O)C1CCCCCCCCCCC1.[CsH]. The molecule has 16 heavy (non-hydrogen) atoms. The van der Waals surface area contributed by atoms with Gasteiger partial charge >= 0.3 is 74.9 Å². The van der Waals surface area contributed by atoms with Crippen LogP contribution in [0.4, 0.5) is 0 Å². The summed E-state index contributed by atoms with van der Waals surface area (Å²) >= 11 is 0. The van der Waals surface area contributed by atoms with Crippen molar-refractivity contribution in [3.8, 4) is 0 Å². The van der Waals surface area contributed by atoms with Gasteiger partial charge in [0, 0.05) is 0 Å². The predicted molar refractivity (Wildman–Crippen MR) is 69.1 cm³/mol. The summed E-state index contributed by atoms with van der Waals surface area (Å²) in [5.74, 6) is -0.642. The maximum atomic E-state index is 11.0. The molecule has 0 bridgehead atoms. The molecule has 1 N–H and O–H groups in total. The van der Waals surface area contributed by atoms with E-state index in [1.165, 1.54) is 44.9 Å². The Morgan fingerprint density at radius 1 is 0.750 bits per heavy atom. The third-order valence-electron chi connectivity index (χ3n) is 3.45. The van der Waals surface area contributed by atoms with E-state index in [0.717, 1.165) is 25.7 Å². The van der Waals surface area contributed by atoms with Crippen molar-refractivity contribution in [2.24, 2.45) is 5.92 Å². The van der Waals surface area contributed by atoms with Gasteiger partial charge in [0.25, 0.3) is 0 Å². The van der Waals surface area contributed by atoms with Gasteiger partial charge in [-0.15, -0.1) is 0 Å². The predicted octanol–water partition coefficient (Wildman–Crippen LogP) is 3.34. The molecule has 0 aromatic carbocycles. The standard InChI is InChI=1S/C13H24O2.Cs.H/c14-13(15)12-10-8-6-4-2-1-3-5-7-9-11-12;;/h12H,1-11H2,(H,14,15);;. The van der Waals surface area contributed by atoms with Crippen molar-refractivity contribution in [3.63, 3.8) is 0 Å². The zero-order chi connectivity index (χ0) is 10.9. The van der Waals surface area contributed by atoms with E-state index in [4.69, 9.17) is 5.11 Å².